The molecular formula is C25H42O5. The predicted octanol–water partition coefficient (Wildman–Crippen LogP) is 5.73. The Morgan fingerprint density at radius 1 is 1.10 bits per heavy atom. The van der Waals surface area contributed by atoms with Crippen LogP contribution in [0.25, 0.3) is 0 Å². The van der Waals surface area contributed by atoms with Gasteiger partial charge in [0.25, 0.3) is 0 Å². The summed E-state index contributed by atoms with van der Waals surface area (Å²) in [4.78, 5) is 23.7. The fourth-order valence-corrected chi connectivity index (χ4v) is 3.95. The SMILES string of the molecule is CCCCCC/C=C/[C@H]1[C@H](OCCCC)CC(=O)[C@@H]1C/C=C\CCC(OC)C(=O)O. The lowest BCUT2D eigenvalue weighted by molar-refractivity contribution is -0.148. The van der Waals surface area contributed by atoms with E-state index < -0.39 is 12.1 Å². The summed E-state index contributed by atoms with van der Waals surface area (Å²) in [6.45, 7) is 5.07. The zero-order valence-corrected chi connectivity index (χ0v) is 19.2. The number of aliphatic carboxylic acids is 1. The summed E-state index contributed by atoms with van der Waals surface area (Å²) in [6.07, 6.45) is 18.0. The van der Waals surface area contributed by atoms with Crippen molar-refractivity contribution in [3.8, 4) is 0 Å². The average Bonchev–Trinajstić information content (AvgIpc) is 3.01. The van der Waals surface area contributed by atoms with Gasteiger partial charge in [-0.1, -0.05) is 63.8 Å². The van der Waals surface area contributed by atoms with Gasteiger partial charge < -0.3 is 14.6 Å². The number of allylic oxidation sites excluding steroid dienone is 3. The number of carbonyl (C=O) groups is 2. The highest BCUT2D eigenvalue weighted by Crippen LogP contribution is 2.35. The lowest BCUT2D eigenvalue weighted by Crippen LogP contribution is -2.22. The molecule has 0 radical (unpaired) electrons. The molecule has 0 aliphatic heterocycles. The van der Waals surface area contributed by atoms with E-state index in [0.29, 0.717) is 32.3 Å². The topological polar surface area (TPSA) is 72.8 Å². The Morgan fingerprint density at radius 3 is 2.53 bits per heavy atom. The number of ether oxygens (including phenoxy) is 2. The van der Waals surface area contributed by atoms with Crippen LogP contribution in [0.1, 0.15) is 84.5 Å². The Labute approximate surface area is 182 Å². The van der Waals surface area contributed by atoms with Crippen molar-refractivity contribution in [3.63, 3.8) is 0 Å². The van der Waals surface area contributed by atoms with Crippen molar-refractivity contribution in [1.29, 1.82) is 0 Å². The second-order valence-electron chi connectivity index (χ2n) is 8.24. The molecule has 0 aromatic heterocycles. The Balaban J connectivity index is 2.62. The molecular weight excluding hydrogens is 380 g/mol. The number of unbranched alkanes of at least 4 members (excludes halogenated alkanes) is 5. The summed E-state index contributed by atoms with van der Waals surface area (Å²) in [5.41, 5.74) is 0. The molecule has 0 bridgehead atoms. The molecule has 0 heterocycles. The van der Waals surface area contributed by atoms with Gasteiger partial charge in [0.15, 0.2) is 6.10 Å². The van der Waals surface area contributed by atoms with E-state index >= 15 is 0 Å². The van der Waals surface area contributed by atoms with Crippen molar-refractivity contribution in [2.24, 2.45) is 11.8 Å². The number of carbonyl (C=O) groups excluding carboxylic acids is 1. The highest BCUT2D eigenvalue weighted by molar-refractivity contribution is 5.85. The second-order valence-corrected chi connectivity index (χ2v) is 8.24. The van der Waals surface area contributed by atoms with Crippen LogP contribution in [0, 0.1) is 11.8 Å². The number of Topliss-reactive ketones (excluding diaryl/α,β-unsaturated/α-hetero) is 1. The number of carboxylic acid groups (broad SMARTS) is 1. The monoisotopic (exact) mass is 422 g/mol. The Kier molecular flexibility index (Phi) is 14.4. The zero-order valence-electron chi connectivity index (χ0n) is 19.2. The third-order valence-electron chi connectivity index (χ3n) is 5.83. The third kappa shape index (κ3) is 10.0. The molecule has 1 N–H and O–H groups in total. The van der Waals surface area contributed by atoms with Crippen molar-refractivity contribution in [3.05, 3.63) is 24.3 Å². The first kappa shape index (κ1) is 26.6. The summed E-state index contributed by atoms with van der Waals surface area (Å²) in [6, 6.07) is 0. The standard InChI is InChI=1S/C25H42O5/c1-4-6-8-9-10-12-16-21-20(22(26)19-24(21)30-18-7-5-2)15-13-11-14-17-23(29-3)25(27)28/h11-13,16,20-21,23-24H,4-10,14-15,17-19H2,1-3H3,(H,27,28)/b13-11-,16-12+/t20-,21-,23?,24-/m1/s1. The molecule has 1 aliphatic rings. The molecule has 30 heavy (non-hydrogen) atoms. The molecule has 1 unspecified atom stereocenters. The molecule has 5 nitrogen and oxygen atoms in total. The number of ketones is 1. The van der Waals surface area contributed by atoms with Crippen LogP contribution < -0.4 is 0 Å². The van der Waals surface area contributed by atoms with Gasteiger partial charge in [-0.3, -0.25) is 4.79 Å². The van der Waals surface area contributed by atoms with Gasteiger partial charge in [-0.2, -0.15) is 0 Å². The second kappa shape index (κ2) is 16.3. The number of rotatable bonds is 17. The Bertz CT molecular complexity index is 540. The lowest BCUT2D eigenvalue weighted by atomic mass is 9.90. The van der Waals surface area contributed by atoms with Crippen molar-refractivity contribution < 1.29 is 24.2 Å². The van der Waals surface area contributed by atoms with E-state index in [4.69, 9.17) is 14.6 Å². The van der Waals surface area contributed by atoms with Crippen LogP contribution in [0.15, 0.2) is 24.3 Å². The maximum Gasteiger partial charge on any atom is 0.332 e. The molecule has 1 saturated carbocycles. The summed E-state index contributed by atoms with van der Waals surface area (Å²) in [7, 11) is 1.41. The van der Waals surface area contributed by atoms with Crippen LogP contribution >= 0.6 is 0 Å². The lowest BCUT2D eigenvalue weighted by Gasteiger charge is -2.20. The van der Waals surface area contributed by atoms with Gasteiger partial charge >= 0.3 is 5.97 Å². The van der Waals surface area contributed by atoms with Gasteiger partial charge in [0.05, 0.1) is 6.10 Å². The van der Waals surface area contributed by atoms with Crippen molar-refractivity contribution >= 4 is 11.8 Å². The van der Waals surface area contributed by atoms with Crippen LogP contribution in [-0.2, 0) is 19.1 Å². The van der Waals surface area contributed by atoms with Gasteiger partial charge in [-0.15, -0.1) is 0 Å². The van der Waals surface area contributed by atoms with Gasteiger partial charge in [0, 0.05) is 32.0 Å². The van der Waals surface area contributed by atoms with E-state index in [-0.39, 0.29) is 23.7 Å². The first-order valence-electron chi connectivity index (χ1n) is 11.8. The summed E-state index contributed by atoms with van der Waals surface area (Å²) >= 11 is 0. The predicted molar refractivity (Wildman–Crippen MR) is 121 cm³/mol. The van der Waals surface area contributed by atoms with Crippen LogP contribution in [0.3, 0.4) is 0 Å². The minimum atomic E-state index is -0.937. The molecule has 172 valence electrons. The van der Waals surface area contributed by atoms with E-state index in [2.05, 4.69) is 26.0 Å². The summed E-state index contributed by atoms with van der Waals surface area (Å²) < 4.78 is 11.0. The highest BCUT2D eigenvalue weighted by atomic mass is 16.5. The fraction of sp³-hybridized carbons (Fsp3) is 0.760. The maximum absolute atomic E-state index is 12.7. The van der Waals surface area contributed by atoms with Crippen LogP contribution in [-0.4, -0.2) is 42.8 Å². The number of carboxylic acids is 1. The van der Waals surface area contributed by atoms with Crippen molar-refractivity contribution in [1.82, 2.24) is 0 Å². The fourth-order valence-electron chi connectivity index (χ4n) is 3.95. The van der Waals surface area contributed by atoms with Crippen molar-refractivity contribution in [2.45, 2.75) is 96.7 Å². The van der Waals surface area contributed by atoms with Gasteiger partial charge in [-0.05, 0) is 38.5 Å². The number of hydrogen-bond donors (Lipinski definition) is 1. The Morgan fingerprint density at radius 2 is 1.87 bits per heavy atom. The molecule has 0 aromatic carbocycles. The first-order chi connectivity index (χ1) is 14.5. The molecule has 5 heteroatoms. The molecule has 4 atom stereocenters. The third-order valence-corrected chi connectivity index (χ3v) is 5.83. The van der Waals surface area contributed by atoms with E-state index in [0.717, 1.165) is 19.3 Å². The molecule has 1 fully saturated rings. The molecule has 0 amide bonds. The molecule has 1 aliphatic carbocycles. The molecule has 0 saturated heterocycles. The van der Waals surface area contributed by atoms with E-state index in [1.165, 1.54) is 32.8 Å². The molecule has 0 aromatic rings. The molecule has 0 spiro atoms. The molecule has 1 rings (SSSR count). The zero-order chi connectivity index (χ0) is 22.2. The normalized spacial score (nSPS) is 23.0. The van der Waals surface area contributed by atoms with E-state index in [1.54, 1.807) is 0 Å². The Hall–Kier alpha value is -1.46. The van der Waals surface area contributed by atoms with Gasteiger partial charge in [0.1, 0.15) is 5.78 Å². The average molecular weight is 423 g/mol. The van der Waals surface area contributed by atoms with Crippen LogP contribution in [0.2, 0.25) is 0 Å². The van der Waals surface area contributed by atoms with E-state index in [1.807, 2.05) is 12.2 Å². The van der Waals surface area contributed by atoms with Crippen LogP contribution in [0.4, 0.5) is 0 Å². The number of hydrogen-bond acceptors (Lipinski definition) is 4. The first-order valence-corrected chi connectivity index (χ1v) is 11.8. The van der Waals surface area contributed by atoms with Crippen LogP contribution in [0.5, 0.6) is 0 Å². The summed E-state index contributed by atoms with van der Waals surface area (Å²) in [5.74, 6) is -0.566. The summed E-state index contributed by atoms with van der Waals surface area (Å²) in [5, 5.41) is 9.02. The van der Waals surface area contributed by atoms with Crippen molar-refractivity contribution in [2.75, 3.05) is 13.7 Å². The quantitative estimate of drug-likeness (QED) is 0.239. The largest absolute Gasteiger partial charge is 0.479 e. The van der Waals surface area contributed by atoms with Gasteiger partial charge in [0.2, 0.25) is 0 Å². The highest BCUT2D eigenvalue weighted by Gasteiger charge is 2.40. The van der Waals surface area contributed by atoms with E-state index in [9.17, 15) is 9.59 Å². The maximum atomic E-state index is 12.7. The number of methoxy groups -OCH3 is 1. The smallest absolute Gasteiger partial charge is 0.332 e. The van der Waals surface area contributed by atoms with Gasteiger partial charge in [-0.25, -0.2) is 4.79 Å². The minimum Gasteiger partial charge on any atom is -0.479 e. The minimum absolute atomic E-state index is 0.0146.